The second-order valence-corrected chi connectivity index (χ2v) is 7.18. The van der Waals surface area contributed by atoms with Crippen LogP contribution in [0.2, 0.25) is 0 Å². The van der Waals surface area contributed by atoms with Crippen molar-refractivity contribution in [2.45, 2.75) is 51.2 Å². The van der Waals surface area contributed by atoms with E-state index < -0.39 is 0 Å². The van der Waals surface area contributed by atoms with Crippen molar-refractivity contribution in [3.63, 3.8) is 0 Å². The third kappa shape index (κ3) is 2.72. The van der Waals surface area contributed by atoms with Gasteiger partial charge in [0.15, 0.2) is 0 Å². The Labute approximate surface area is 138 Å². The van der Waals surface area contributed by atoms with Crippen LogP contribution in [0.4, 0.5) is 0 Å². The number of amides is 1. The Morgan fingerprint density at radius 1 is 1.17 bits per heavy atom. The molecular formula is C20H25NO2. The van der Waals surface area contributed by atoms with Crippen molar-refractivity contribution in [1.82, 2.24) is 5.32 Å². The van der Waals surface area contributed by atoms with E-state index in [4.69, 9.17) is 4.74 Å². The Morgan fingerprint density at radius 3 is 2.74 bits per heavy atom. The van der Waals surface area contributed by atoms with E-state index in [1.54, 1.807) is 12.5 Å². The fourth-order valence-electron chi connectivity index (χ4n) is 4.86. The Kier molecular flexibility index (Phi) is 3.98. The van der Waals surface area contributed by atoms with E-state index in [0.717, 1.165) is 13.0 Å². The summed E-state index contributed by atoms with van der Waals surface area (Å²) in [6.45, 7) is 2.44. The zero-order chi connectivity index (χ0) is 15.8. The van der Waals surface area contributed by atoms with Crippen LogP contribution in [0.3, 0.4) is 0 Å². The van der Waals surface area contributed by atoms with E-state index >= 15 is 0 Å². The lowest BCUT2D eigenvalue weighted by atomic mass is 9.74. The molecule has 3 heteroatoms. The molecule has 1 saturated heterocycles. The maximum Gasteiger partial charge on any atom is 0.217 e. The lowest BCUT2D eigenvalue weighted by Crippen LogP contribution is -2.38. The summed E-state index contributed by atoms with van der Waals surface area (Å²) in [6.07, 6.45) is 6.39. The number of ether oxygens (including phenoxy) is 1. The minimum atomic E-state index is 0.0591. The van der Waals surface area contributed by atoms with Crippen LogP contribution in [0, 0.1) is 11.8 Å². The van der Waals surface area contributed by atoms with E-state index in [0.29, 0.717) is 17.9 Å². The number of benzene rings is 1. The predicted octanol–water partition coefficient (Wildman–Crippen LogP) is 3.55. The topological polar surface area (TPSA) is 38.3 Å². The van der Waals surface area contributed by atoms with Crippen molar-refractivity contribution >= 4 is 11.5 Å². The standard InChI is InChI=1S/C20H25NO2/c1-13(22)21-17-11-15-12-23-18-10-6-5-9-16(18)19(15)20(17)14-7-3-2-4-8-14/h2-4,7-8,15-18H,5-6,9-12H2,1H3,(H,21,22)/t15-,16+,17-,18+/m0/s1. The molecule has 4 atom stereocenters. The maximum atomic E-state index is 11.7. The summed E-state index contributed by atoms with van der Waals surface area (Å²) in [5.74, 6) is 1.08. The second-order valence-electron chi connectivity index (χ2n) is 7.18. The van der Waals surface area contributed by atoms with Gasteiger partial charge in [-0.1, -0.05) is 48.7 Å². The molecule has 4 rings (SSSR count). The van der Waals surface area contributed by atoms with Crippen molar-refractivity contribution in [3.8, 4) is 0 Å². The first kappa shape index (κ1) is 14.9. The lowest BCUT2D eigenvalue weighted by Gasteiger charge is -2.40. The van der Waals surface area contributed by atoms with Crippen LogP contribution in [0.1, 0.15) is 44.6 Å². The third-order valence-corrected chi connectivity index (χ3v) is 5.70. The smallest absolute Gasteiger partial charge is 0.217 e. The van der Waals surface area contributed by atoms with Gasteiger partial charge >= 0.3 is 0 Å². The molecule has 3 aliphatic rings. The van der Waals surface area contributed by atoms with Crippen LogP contribution in [0.25, 0.3) is 5.57 Å². The molecule has 0 spiro atoms. The number of hydrogen-bond donors (Lipinski definition) is 1. The van der Waals surface area contributed by atoms with Crippen molar-refractivity contribution in [2.75, 3.05) is 6.61 Å². The molecular weight excluding hydrogens is 286 g/mol. The van der Waals surface area contributed by atoms with E-state index in [-0.39, 0.29) is 11.9 Å². The summed E-state index contributed by atoms with van der Waals surface area (Å²) >= 11 is 0. The van der Waals surface area contributed by atoms with Gasteiger partial charge in [-0.25, -0.2) is 0 Å². The van der Waals surface area contributed by atoms with Crippen LogP contribution in [-0.4, -0.2) is 24.7 Å². The van der Waals surface area contributed by atoms with E-state index in [9.17, 15) is 4.79 Å². The molecule has 3 nitrogen and oxygen atoms in total. The SMILES string of the molecule is CC(=O)N[C@H]1C[C@H]2CO[C@@H]3CCCC[C@H]3C2=C1c1ccccc1. The molecule has 1 heterocycles. The van der Waals surface area contributed by atoms with E-state index in [2.05, 4.69) is 35.6 Å². The molecule has 2 aliphatic carbocycles. The van der Waals surface area contributed by atoms with Gasteiger partial charge in [-0.05, 0) is 30.4 Å². The monoisotopic (exact) mass is 311 g/mol. The number of hydrogen-bond acceptors (Lipinski definition) is 2. The van der Waals surface area contributed by atoms with Gasteiger partial charge in [0.2, 0.25) is 5.91 Å². The molecule has 2 fully saturated rings. The van der Waals surface area contributed by atoms with Gasteiger partial charge in [0.25, 0.3) is 0 Å². The molecule has 1 aromatic rings. The van der Waals surface area contributed by atoms with Gasteiger partial charge in [-0.2, -0.15) is 0 Å². The van der Waals surface area contributed by atoms with Gasteiger partial charge < -0.3 is 10.1 Å². The van der Waals surface area contributed by atoms with Crippen LogP contribution in [0.15, 0.2) is 35.9 Å². The maximum absolute atomic E-state index is 11.7. The van der Waals surface area contributed by atoms with Crippen molar-refractivity contribution in [1.29, 1.82) is 0 Å². The highest BCUT2D eigenvalue weighted by molar-refractivity contribution is 5.82. The fourth-order valence-corrected chi connectivity index (χ4v) is 4.86. The minimum Gasteiger partial charge on any atom is -0.377 e. The Bertz CT molecular complexity index is 622. The average molecular weight is 311 g/mol. The molecule has 1 amide bonds. The van der Waals surface area contributed by atoms with Crippen LogP contribution >= 0.6 is 0 Å². The van der Waals surface area contributed by atoms with Gasteiger partial charge in [-0.15, -0.1) is 0 Å². The second kappa shape index (κ2) is 6.12. The summed E-state index contributed by atoms with van der Waals surface area (Å²) in [5, 5.41) is 3.19. The Morgan fingerprint density at radius 2 is 1.96 bits per heavy atom. The number of carbonyl (C=O) groups excluding carboxylic acids is 1. The highest BCUT2D eigenvalue weighted by Crippen LogP contribution is 2.49. The predicted molar refractivity (Wildman–Crippen MR) is 90.8 cm³/mol. The zero-order valence-corrected chi connectivity index (χ0v) is 13.8. The molecule has 1 saturated carbocycles. The van der Waals surface area contributed by atoms with E-state index in [1.165, 1.54) is 36.8 Å². The molecule has 0 unspecified atom stereocenters. The highest BCUT2D eigenvalue weighted by Gasteiger charge is 2.44. The van der Waals surface area contributed by atoms with Crippen molar-refractivity contribution < 1.29 is 9.53 Å². The summed E-state index contributed by atoms with van der Waals surface area (Å²) in [5.41, 5.74) is 4.24. The first-order valence-electron chi connectivity index (χ1n) is 8.92. The lowest BCUT2D eigenvalue weighted by molar-refractivity contribution is -0.119. The van der Waals surface area contributed by atoms with Gasteiger partial charge in [0, 0.05) is 18.8 Å². The normalized spacial score (nSPS) is 33.1. The fraction of sp³-hybridized carbons (Fsp3) is 0.550. The first-order valence-corrected chi connectivity index (χ1v) is 8.92. The molecule has 0 radical (unpaired) electrons. The van der Waals surface area contributed by atoms with Crippen molar-refractivity contribution in [2.24, 2.45) is 11.8 Å². The number of carbonyl (C=O) groups is 1. The number of rotatable bonds is 2. The molecule has 1 N–H and O–H groups in total. The Balaban J connectivity index is 1.79. The molecule has 122 valence electrons. The largest absolute Gasteiger partial charge is 0.377 e. The van der Waals surface area contributed by atoms with E-state index in [1.807, 2.05) is 0 Å². The molecule has 1 aliphatic heterocycles. The highest BCUT2D eigenvalue weighted by atomic mass is 16.5. The summed E-state index contributed by atoms with van der Waals surface area (Å²) in [4.78, 5) is 11.7. The minimum absolute atomic E-state index is 0.0591. The van der Waals surface area contributed by atoms with Gasteiger partial charge in [0.1, 0.15) is 0 Å². The zero-order valence-electron chi connectivity index (χ0n) is 13.8. The summed E-state index contributed by atoms with van der Waals surface area (Å²) in [7, 11) is 0. The van der Waals surface area contributed by atoms with Crippen LogP contribution in [-0.2, 0) is 9.53 Å². The average Bonchev–Trinajstić information content (AvgIpc) is 2.93. The van der Waals surface area contributed by atoms with Crippen LogP contribution < -0.4 is 5.32 Å². The van der Waals surface area contributed by atoms with Crippen molar-refractivity contribution in [3.05, 3.63) is 41.5 Å². The molecule has 23 heavy (non-hydrogen) atoms. The third-order valence-electron chi connectivity index (χ3n) is 5.70. The Hall–Kier alpha value is -1.61. The van der Waals surface area contributed by atoms with Gasteiger partial charge in [0.05, 0.1) is 18.8 Å². The summed E-state index contributed by atoms with van der Waals surface area (Å²) in [6, 6.07) is 10.8. The number of nitrogens with one attached hydrogen (secondary N) is 1. The van der Waals surface area contributed by atoms with Gasteiger partial charge in [-0.3, -0.25) is 4.79 Å². The molecule has 0 aromatic heterocycles. The molecule has 0 bridgehead atoms. The number of fused-ring (bicyclic) bond motifs is 3. The van der Waals surface area contributed by atoms with Crippen LogP contribution in [0.5, 0.6) is 0 Å². The summed E-state index contributed by atoms with van der Waals surface area (Å²) < 4.78 is 6.19. The molecule has 1 aromatic carbocycles. The quantitative estimate of drug-likeness (QED) is 0.907. The first-order chi connectivity index (χ1) is 11.2.